The highest BCUT2D eigenvalue weighted by molar-refractivity contribution is 5.66. The van der Waals surface area contributed by atoms with Crippen LogP contribution in [0, 0.1) is 0 Å². The van der Waals surface area contributed by atoms with Gasteiger partial charge in [-0.1, -0.05) is 0 Å². The molecule has 2 heterocycles. The summed E-state index contributed by atoms with van der Waals surface area (Å²) in [5, 5.41) is 0. The first-order valence-corrected chi connectivity index (χ1v) is 8.68. The average molecular weight is 326 g/mol. The standard InChI is InChI=1S/C17H26O6/c1-11(18)20-12-8-16(10-19-15(2,3)23-16)9-13-14(12)22-17(21-13)6-4-5-7-17/h12-14H,4-10H2,1-3H3/t12-,13-,14+,16-/m1/s1. The molecule has 0 radical (unpaired) electrons. The van der Waals surface area contributed by atoms with E-state index in [-0.39, 0.29) is 24.3 Å². The second-order valence-corrected chi connectivity index (χ2v) is 7.89. The Kier molecular flexibility index (Phi) is 3.54. The largest absolute Gasteiger partial charge is 0.460 e. The van der Waals surface area contributed by atoms with Crippen molar-refractivity contribution in [2.45, 2.75) is 94.8 Å². The lowest BCUT2D eigenvalue weighted by Crippen LogP contribution is -2.54. The van der Waals surface area contributed by atoms with Gasteiger partial charge in [0.15, 0.2) is 11.6 Å². The minimum Gasteiger partial charge on any atom is -0.460 e. The first kappa shape index (κ1) is 15.8. The maximum absolute atomic E-state index is 11.6. The zero-order valence-corrected chi connectivity index (χ0v) is 14.1. The van der Waals surface area contributed by atoms with Crippen molar-refractivity contribution in [2.24, 2.45) is 0 Å². The molecule has 0 aromatic rings. The molecule has 2 saturated carbocycles. The molecule has 0 N–H and O–H groups in total. The first-order chi connectivity index (χ1) is 10.8. The zero-order chi connectivity index (χ0) is 16.3. The predicted molar refractivity (Wildman–Crippen MR) is 79.6 cm³/mol. The molecular formula is C17H26O6. The maximum Gasteiger partial charge on any atom is 0.302 e. The van der Waals surface area contributed by atoms with Gasteiger partial charge in [-0.15, -0.1) is 0 Å². The molecule has 130 valence electrons. The smallest absolute Gasteiger partial charge is 0.302 e. The summed E-state index contributed by atoms with van der Waals surface area (Å²) in [6.45, 7) is 5.77. The Morgan fingerprint density at radius 3 is 2.48 bits per heavy atom. The van der Waals surface area contributed by atoms with Gasteiger partial charge in [0, 0.05) is 32.6 Å². The molecule has 2 spiro atoms. The van der Waals surface area contributed by atoms with Crippen LogP contribution in [-0.2, 0) is 28.5 Å². The van der Waals surface area contributed by atoms with Crippen LogP contribution in [0.4, 0.5) is 0 Å². The van der Waals surface area contributed by atoms with E-state index in [9.17, 15) is 4.79 Å². The van der Waals surface area contributed by atoms with Gasteiger partial charge < -0.3 is 23.7 Å². The van der Waals surface area contributed by atoms with Crippen molar-refractivity contribution in [1.29, 1.82) is 0 Å². The van der Waals surface area contributed by atoms with Gasteiger partial charge in [-0.05, 0) is 26.7 Å². The van der Waals surface area contributed by atoms with Crippen molar-refractivity contribution in [3.63, 3.8) is 0 Å². The van der Waals surface area contributed by atoms with E-state index in [1.807, 2.05) is 13.8 Å². The van der Waals surface area contributed by atoms with Crippen LogP contribution in [0.2, 0.25) is 0 Å². The Labute approximate surface area is 136 Å². The molecule has 2 saturated heterocycles. The molecule has 4 atom stereocenters. The molecule has 0 unspecified atom stereocenters. The van der Waals surface area contributed by atoms with Gasteiger partial charge in [0.2, 0.25) is 0 Å². The summed E-state index contributed by atoms with van der Waals surface area (Å²) in [6.07, 6.45) is 4.75. The summed E-state index contributed by atoms with van der Waals surface area (Å²) in [5.74, 6) is -1.38. The van der Waals surface area contributed by atoms with Crippen molar-refractivity contribution in [1.82, 2.24) is 0 Å². The number of carbonyl (C=O) groups is 1. The van der Waals surface area contributed by atoms with Gasteiger partial charge in [0.05, 0.1) is 12.7 Å². The average Bonchev–Trinajstić information content (AvgIpc) is 3.10. The van der Waals surface area contributed by atoms with E-state index in [1.54, 1.807) is 0 Å². The minimum atomic E-state index is -0.613. The zero-order valence-electron chi connectivity index (χ0n) is 14.1. The third kappa shape index (κ3) is 2.80. The molecule has 4 rings (SSSR count). The maximum atomic E-state index is 11.6. The second kappa shape index (κ2) is 5.15. The molecule has 0 aromatic carbocycles. The summed E-state index contributed by atoms with van der Waals surface area (Å²) >= 11 is 0. The number of carbonyl (C=O) groups excluding carboxylic acids is 1. The molecule has 2 aliphatic heterocycles. The highest BCUT2D eigenvalue weighted by Gasteiger charge is 2.61. The fourth-order valence-electron chi connectivity index (χ4n) is 4.66. The van der Waals surface area contributed by atoms with Crippen molar-refractivity contribution in [2.75, 3.05) is 6.61 Å². The summed E-state index contributed by atoms with van der Waals surface area (Å²) in [5.41, 5.74) is -0.460. The normalized spacial score (nSPS) is 43.9. The molecule has 23 heavy (non-hydrogen) atoms. The number of hydrogen-bond donors (Lipinski definition) is 0. The van der Waals surface area contributed by atoms with Gasteiger partial charge in [-0.3, -0.25) is 4.79 Å². The number of ether oxygens (including phenoxy) is 5. The Morgan fingerprint density at radius 2 is 1.87 bits per heavy atom. The fourth-order valence-corrected chi connectivity index (χ4v) is 4.66. The van der Waals surface area contributed by atoms with Gasteiger partial charge in [0.25, 0.3) is 0 Å². The number of hydrogen-bond acceptors (Lipinski definition) is 6. The molecule has 6 nitrogen and oxygen atoms in total. The fraction of sp³-hybridized carbons (Fsp3) is 0.941. The number of rotatable bonds is 1. The molecule has 4 fully saturated rings. The van der Waals surface area contributed by atoms with E-state index >= 15 is 0 Å². The van der Waals surface area contributed by atoms with Crippen molar-refractivity contribution >= 4 is 5.97 Å². The van der Waals surface area contributed by atoms with E-state index in [0.29, 0.717) is 13.0 Å². The van der Waals surface area contributed by atoms with E-state index in [4.69, 9.17) is 23.7 Å². The lowest BCUT2D eigenvalue weighted by molar-refractivity contribution is -0.197. The molecule has 6 heteroatoms. The monoisotopic (exact) mass is 326 g/mol. The summed E-state index contributed by atoms with van der Waals surface area (Å²) in [7, 11) is 0. The van der Waals surface area contributed by atoms with Crippen LogP contribution in [0.1, 0.15) is 59.3 Å². The van der Waals surface area contributed by atoms with Gasteiger partial charge in [-0.25, -0.2) is 0 Å². The van der Waals surface area contributed by atoms with Crippen LogP contribution in [0.5, 0.6) is 0 Å². The summed E-state index contributed by atoms with van der Waals surface area (Å²) in [6, 6.07) is 0. The quantitative estimate of drug-likeness (QED) is 0.689. The van der Waals surface area contributed by atoms with Crippen LogP contribution in [0.3, 0.4) is 0 Å². The van der Waals surface area contributed by atoms with Crippen LogP contribution in [0.25, 0.3) is 0 Å². The van der Waals surface area contributed by atoms with E-state index in [2.05, 4.69) is 0 Å². The molecule has 4 aliphatic rings. The lowest BCUT2D eigenvalue weighted by atomic mass is 9.80. The Morgan fingerprint density at radius 1 is 1.13 bits per heavy atom. The molecule has 2 aliphatic carbocycles. The lowest BCUT2D eigenvalue weighted by Gasteiger charge is -2.41. The van der Waals surface area contributed by atoms with Gasteiger partial charge >= 0.3 is 5.97 Å². The SMILES string of the molecule is CC(=O)O[C@@H]1C[C@]2(COC(C)(C)O2)C[C@H]2OC3(CCCC3)O[C@@H]12. The molecule has 0 amide bonds. The number of esters is 1. The molecular weight excluding hydrogens is 300 g/mol. The third-order valence-electron chi connectivity index (χ3n) is 5.42. The highest BCUT2D eigenvalue weighted by atomic mass is 16.8. The van der Waals surface area contributed by atoms with Gasteiger partial charge in [0.1, 0.15) is 17.8 Å². The first-order valence-electron chi connectivity index (χ1n) is 8.68. The summed E-state index contributed by atoms with van der Waals surface area (Å²) in [4.78, 5) is 11.6. The third-order valence-corrected chi connectivity index (χ3v) is 5.42. The van der Waals surface area contributed by atoms with Crippen LogP contribution in [-0.4, -0.2) is 48.1 Å². The molecule has 0 bridgehead atoms. The Bertz CT molecular complexity index is 497. The van der Waals surface area contributed by atoms with E-state index in [0.717, 1.165) is 32.1 Å². The Hall–Kier alpha value is -0.690. The van der Waals surface area contributed by atoms with E-state index in [1.165, 1.54) is 6.92 Å². The van der Waals surface area contributed by atoms with Crippen molar-refractivity contribution in [3.05, 3.63) is 0 Å². The van der Waals surface area contributed by atoms with Gasteiger partial charge in [-0.2, -0.15) is 0 Å². The summed E-state index contributed by atoms with van der Waals surface area (Å²) < 4.78 is 30.2. The topological polar surface area (TPSA) is 63.2 Å². The van der Waals surface area contributed by atoms with Crippen LogP contribution in [0.15, 0.2) is 0 Å². The molecule has 0 aromatic heterocycles. The predicted octanol–water partition coefficient (Wildman–Crippen LogP) is 2.29. The Balaban J connectivity index is 1.58. The second-order valence-electron chi connectivity index (χ2n) is 7.89. The van der Waals surface area contributed by atoms with E-state index < -0.39 is 17.2 Å². The minimum absolute atomic E-state index is 0.108. The van der Waals surface area contributed by atoms with Crippen LogP contribution < -0.4 is 0 Å². The number of fused-ring (bicyclic) bond motifs is 1. The van der Waals surface area contributed by atoms with Crippen molar-refractivity contribution in [3.8, 4) is 0 Å². The highest BCUT2D eigenvalue weighted by Crippen LogP contribution is 2.51. The van der Waals surface area contributed by atoms with Crippen molar-refractivity contribution < 1.29 is 28.5 Å². The van der Waals surface area contributed by atoms with Crippen LogP contribution >= 0.6 is 0 Å².